The molecule has 0 aromatic carbocycles. The minimum Gasteiger partial charge on any atom is -0.372 e. The van der Waals surface area contributed by atoms with E-state index in [0.29, 0.717) is 21.7 Å². The van der Waals surface area contributed by atoms with Crippen molar-refractivity contribution in [3.63, 3.8) is 0 Å². The van der Waals surface area contributed by atoms with Gasteiger partial charge in [-0.15, -0.1) is 0 Å². The molecule has 110 valence electrons. The van der Waals surface area contributed by atoms with Crippen LogP contribution in [-0.2, 0) is 0 Å². The number of nitrogens with zero attached hydrogens (tertiary/aromatic N) is 1. The van der Waals surface area contributed by atoms with Crippen LogP contribution >= 0.6 is 23.4 Å². The molecule has 1 fully saturated rings. The number of thioether (sulfide) groups is 1. The second-order valence-electron chi connectivity index (χ2n) is 5.00. The predicted molar refractivity (Wildman–Crippen MR) is 85.8 cm³/mol. The van der Waals surface area contributed by atoms with E-state index in [1.165, 1.54) is 12.8 Å². The molecule has 1 amide bonds. The first kappa shape index (κ1) is 15.4. The number of carbonyl (C=O) groups is 1. The second-order valence-corrected chi connectivity index (χ2v) is 6.54. The highest BCUT2D eigenvalue weighted by Gasteiger charge is 2.23. The molecule has 1 aromatic rings. The maximum atomic E-state index is 12.2. The fourth-order valence-corrected chi connectivity index (χ4v) is 3.59. The Labute approximate surface area is 129 Å². The summed E-state index contributed by atoms with van der Waals surface area (Å²) >= 11 is 7.94. The molecule has 2 rings (SSSR count). The Morgan fingerprint density at radius 1 is 1.50 bits per heavy atom. The highest BCUT2D eigenvalue weighted by Crippen LogP contribution is 2.27. The molecule has 0 radical (unpaired) electrons. The summed E-state index contributed by atoms with van der Waals surface area (Å²) in [6.45, 7) is 0. The largest absolute Gasteiger partial charge is 0.372 e. The molecule has 0 bridgehead atoms. The molecular weight excluding hydrogens is 294 g/mol. The Morgan fingerprint density at radius 3 is 2.95 bits per heavy atom. The lowest BCUT2D eigenvalue weighted by Crippen LogP contribution is -2.39. The minimum atomic E-state index is -0.0891. The molecule has 2 N–H and O–H groups in total. The quantitative estimate of drug-likeness (QED) is 0.896. The topological polar surface area (TPSA) is 54.0 Å². The molecular formula is C14H20ClN3OS. The summed E-state index contributed by atoms with van der Waals surface area (Å²) in [5.74, 6) is 0.497. The molecule has 6 heteroatoms. The van der Waals surface area contributed by atoms with Crippen LogP contribution in [0.4, 0.5) is 5.82 Å². The van der Waals surface area contributed by atoms with Crippen LogP contribution in [-0.4, -0.2) is 35.5 Å². The van der Waals surface area contributed by atoms with Crippen molar-refractivity contribution in [2.24, 2.45) is 0 Å². The SMILES string of the molecule is CNc1ncc(C(=O)NC2CCCC(SC)C2)cc1Cl. The van der Waals surface area contributed by atoms with Crippen LogP contribution in [0.25, 0.3) is 0 Å². The molecule has 0 aliphatic heterocycles. The van der Waals surface area contributed by atoms with Crippen molar-refractivity contribution < 1.29 is 4.79 Å². The van der Waals surface area contributed by atoms with E-state index in [9.17, 15) is 4.79 Å². The number of carbonyl (C=O) groups excluding carboxylic acids is 1. The molecule has 1 heterocycles. The smallest absolute Gasteiger partial charge is 0.253 e. The fourth-order valence-electron chi connectivity index (χ4n) is 2.50. The van der Waals surface area contributed by atoms with Crippen LogP contribution in [0.3, 0.4) is 0 Å². The van der Waals surface area contributed by atoms with Gasteiger partial charge in [0.25, 0.3) is 5.91 Å². The van der Waals surface area contributed by atoms with Crippen molar-refractivity contribution in [1.82, 2.24) is 10.3 Å². The van der Waals surface area contributed by atoms with Crippen molar-refractivity contribution >= 4 is 35.1 Å². The van der Waals surface area contributed by atoms with E-state index in [4.69, 9.17) is 11.6 Å². The molecule has 1 aromatic heterocycles. The Kier molecular flexibility index (Phi) is 5.54. The normalized spacial score (nSPS) is 22.4. The summed E-state index contributed by atoms with van der Waals surface area (Å²) in [6.07, 6.45) is 8.21. The molecule has 20 heavy (non-hydrogen) atoms. The Morgan fingerprint density at radius 2 is 2.30 bits per heavy atom. The Bertz CT molecular complexity index is 483. The highest BCUT2D eigenvalue weighted by atomic mass is 35.5. The third-order valence-electron chi connectivity index (χ3n) is 3.63. The van der Waals surface area contributed by atoms with E-state index < -0.39 is 0 Å². The zero-order valence-corrected chi connectivity index (χ0v) is 13.4. The van der Waals surface area contributed by atoms with Gasteiger partial charge in [0, 0.05) is 24.5 Å². The zero-order chi connectivity index (χ0) is 14.5. The maximum absolute atomic E-state index is 12.2. The summed E-state index contributed by atoms with van der Waals surface area (Å²) in [5, 5.41) is 7.09. The zero-order valence-electron chi connectivity index (χ0n) is 11.8. The van der Waals surface area contributed by atoms with Gasteiger partial charge in [0.15, 0.2) is 0 Å². The van der Waals surface area contributed by atoms with E-state index in [-0.39, 0.29) is 11.9 Å². The van der Waals surface area contributed by atoms with Crippen LogP contribution in [0.5, 0.6) is 0 Å². The first-order chi connectivity index (χ1) is 9.63. The summed E-state index contributed by atoms with van der Waals surface area (Å²) in [6, 6.07) is 1.92. The molecule has 4 nitrogen and oxygen atoms in total. The third-order valence-corrected chi connectivity index (χ3v) is 5.02. The standard InChI is InChI=1S/C14H20ClN3OS/c1-16-13-12(15)6-9(8-17-13)14(19)18-10-4-3-5-11(7-10)20-2/h6,8,10-11H,3-5,7H2,1-2H3,(H,16,17)(H,18,19). The molecule has 1 aliphatic carbocycles. The number of halogens is 1. The van der Waals surface area contributed by atoms with Crippen molar-refractivity contribution in [2.75, 3.05) is 18.6 Å². The second kappa shape index (κ2) is 7.18. The van der Waals surface area contributed by atoms with Crippen LogP contribution in [0, 0.1) is 0 Å². The van der Waals surface area contributed by atoms with E-state index >= 15 is 0 Å². The van der Waals surface area contributed by atoms with Crippen molar-refractivity contribution in [1.29, 1.82) is 0 Å². The number of hydrogen-bond acceptors (Lipinski definition) is 4. The highest BCUT2D eigenvalue weighted by molar-refractivity contribution is 7.99. The van der Waals surface area contributed by atoms with Crippen LogP contribution in [0.1, 0.15) is 36.0 Å². The van der Waals surface area contributed by atoms with Crippen molar-refractivity contribution in [3.8, 4) is 0 Å². The van der Waals surface area contributed by atoms with Crippen LogP contribution in [0.15, 0.2) is 12.3 Å². The van der Waals surface area contributed by atoms with E-state index in [1.807, 2.05) is 11.8 Å². The number of rotatable bonds is 4. The van der Waals surface area contributed by atoms with Gasteiger partial charge in [-0.3, -0.25) is 4.79 Å². The van der Waals surface area contributed by atoms with Gasteiger partial charge in [-0.25, -0.2) is 4.98 Å². The molecule has 2 atom stereocenters. The van der Waals surface area contributed by atoms with Gasteiger partial charge in [0.05, 0.1) is 10.6 Å². The minimum absolute atomic E-state index is 0.0891. The van der Waals surface area contributed by atoms with Crippen molar-refractivity contribution in [3.05, 3.63) is 22.8 Å². The summed E-state index contributed by atoms with van der Waals surface area (Å²) < 4.78 is 0. The number of hydrogen-bond donors (Lipinski definition) is 2. The van der Waals surface area contributed by atoms with Gasteiger partial charge < -0.3 is 10.6 Å². The summed E-state index contributed by atoms with van der Waals surface area (Å²) in [4.78, 5) is 16.4. The van der Waals surface area contributed by atoms with E-state index in [0.717, 1.165) is 12.8 Å². The van der Waals surface area contributed by atoms with Crippen LogP contribution < -0.4 is 10.6 Å². The lowest BCUT2D eigenvalue weighted by molar-refractivity contribution is 0.0928. The van der Waals surface area contributed by atoms with Gasteiger partial charge >= 0.3 is 0 Å². The number of aromatic nitrogens is 1. The molecule has 0 saturated heterocycles. The van der Waals surface area contributed by atoms with Gasteiger partial charge in [-0.05, 0) is 31.6 Å². The number of pyridine rings is 1. The number of nitrogens with one attached hydrogen (secondary N) is 2. The third kappa shape index (κ3) is 3.79. The fraction of sp³-hybridized carbons (Fsp3) is 0.571. The number of amides is 1. The maximum Gasteiger partial charge on any atom is 0.253 e. The molecule has 1 saturated carbocycles. The first-order valence-electron chi connectivity index (χ1n) is 6.81. The monoisotopic (exact) mass is 313 g/mol. The Hall–Kier alpha value is -0.940. The lowest BCUT2D eigenvalue weighted by atomic mass is 9.95. The molecule has 1 aliphatic rings. The van der Waals surface area contributed by atoms with E-state index in [1.54, 1.807) is 19.3 Å². The average Bonchev–Trinajstić information content (AvgIpc) is 2.47. The van der Waals surface area contributed by atoms with Gasteiger partial charge in [0.2, 0.25) is 0 Å². The molecule has 2 unspecified atom stereocenters. The first-order valence-corrected chi connectivity index (χ1v) is 8.47. The van der Waals surface area contributed by atoms with Gasteiger partial charge in [0.1, 0.15) is 5.82 Å². The van der Waals surface area contributed by atoms with Crippen molar-refractivity contribution in [2.45, 2.75) is 37.0 Å². The molecule has 0 spiro atoms. The number of anilines is 1. The lowest BCUT2D eigenvalue weighted by Gasteiger charge is -2.28. The van der Waals surface area contributed by atoms with Crippen LogP contribution in [0.2, 0.25) is 5.02 Å². The predicted octanol–water partition coefficient (Wildman–Crippen LogP) is 3.18. The van der Waals surface area contributed by atoms with E-state index in [2.05, 4.69) is 21.9 Å². The summed E-state index contributed by atoms with van der Waals surface area (Å²) in [5.41, 5.74) is 0.514. The van der Waals surface area contributed by atoms with Gasteiger partial charge in [-0.2, -0.15) is 11.8 Å². The average molecular weight is 314 g/mol. The van der Waals surface area contributed by atoms with Gasteiger partial charge in [-0.1, -0.05) is 18.0 Å². The Balaban J connectivity index is 1.99. The summed E-state index contributed by atoms with van der Waals surface area (Å²) in [7, 11) is 1.75.